The zero-order chi connectivity index (χ0) is 15.3. The molecule has 2 N–H and O–H groups in total. The van der Waals surface area contributed by atoms with Crippen LogP contribution in [0.1, 0.15) is 50.3 Å². The van der Waals surface area contributed by atoms with Gasteiger partial charge in [-0.2, -0.15) is 0 Å². The summed E-state index contributed by atoms with van der Waals surface area (Å²) in [4.78, 5) is 2.58. The van der Waals surface area contributed by atoms with Gasteiger partial charge < -0.3 is 10.5 Å². The molecule has 0 amide bonds. The van der Waals surface area contributed by atoms with E-state index in [0.717, 1.165) is 6.54 Å². The smallest absolute Gasteiger partial charge is 0.0713 e. The molecular formula is C18H30N2O. The molecule has 118 valence electrons. The van der Waals surface area contributed by atoms with Gasteiger partial charge in [0.15, 0.2) is 0 Å². The number of rotatable bonds is 7. The minimum Gasteiger partial charge on any atom is -0.380 e. The van der Waals surface area contributed by atoms with E-state index in [1.807, 2.05) is 0 Å². The molecule has 21 heavy (non-hydrogen) atoms. The number of nitrogens with two attached hydrogens (primary N) is 1. The average Bonchev–Trinajstić information content (AvgIpc) is 2.94. The Hall–Kier alpha value is -0.900. The molecule has 1 heterocycles. The molecule has 1 aliphatic heterocycles. The van der Waals surface area contributed by atoms with Crippen LogP contribution in [0.4, 0.5) is 0 Å². The molecular weight excluding hydrogens is 260 g/mol. The minimum atomic E-state index is 0.335. The van der Waals surface area contributed by atoms with Crippen LogP contribution in [0.15, 0.2) is 24.3 Å². The fraction of sp³-hybridized carbons (Fsp3) is 0.667. The summed E-state index contributed by atoms with van der Waals surface area (Å²) in [7, 11) is 1.74. The van der Waals surface area contributed by atoms with Gasteiger partial charge in [-0.25, -0.2) is 0 Å². The molecule has 0 saturated carbocycles. The maximum atomic E-state index is 6.11. The maximum absolute atomic E-state index is 6.11. The normalized spacial score (nSPS) is 19.8. The highest BCUT2D eigenvalue weighted by Gasteiger charge is 2.37. The van der Waals surface area contributed by atoms with Gasteiger partial charge in [0, 0.05) is 26.2 Å². The first kappa shape index (κ1) is 16.5. The van der Waals surface area contributed by atoms with Crippen LogP contribution in [0.2, 0.25) is 0 Å². The third-order valence-corrected chi connectivity index (χ3v) is 5.28. The zero-order valence-corrected chi connectivity index (χ0v) is 13.8. The van der Waals surface area contributed by atoms with E-state index in [4.69, 9.17) is 10.5 Å². The minimum absolute atomic E-state index is 0.335. The lowest BCUT2D eigenvalue weighted by Gasteiger charge is -2.31. The van der Waals surface area contributed by atoms with E-state index in [9.17, 15) is 0 Å². The molecule has 1 atom stereocenters. The molecule has 0 spiro atoms. The Morgan fingerprint density at radius 1 is 1.33 bits per heavy atom. The number of benzene rings is 1. The van der Waals surface area contributed by atoms with E-state index in [1.54, 1.807) is 7.11 Å². The monoisotopic (exact) mass is 290 g/mol. The van der Waals surface area contributed by atoms with E-state index in [2.05, 4.69) is 43.0 Å². The summed E-state index contributed by atoms with van der Waals surface area (Å²) in [5.41, 5.74) is 9.16. The molecule has 1 aliphatic rings. The first-order valence-electron chi connectivity index (χ1n) is 8.20. The van der Waals surface area contributed by atoms with Gasteiger partial charge in [0.2, 0.25) is 0 Å². The lowest BCUT2D eigenvalue weighted by molar-refractivity contribution is 0.183. The molecule has 3 nitrogen and oxygen atoms in total. The summed E-state index contributed by atoms with van der Waals surface area (Å²) in [5, 5.41) is 0. The second kappa shape index (κ2) is 7.39. The molecule has 0 aliphatic carbocycles. The van der Waals surface area contributed by atoms with Crippen LogP contribution >= 0.6 is 0 Å². The van der Waals surface area contributed by atoms with E-state index < -0.39 is 0 Å². The van der Waals surface area contributed by atoms with E-state index in [0.29, 0.717) is 24.6 Å². The molecule has 1 unspecified atom stereocenters. The summed E-state index contributed by atoms with van der Waals surface area (Å²) in [6, 6.07) is 9.03. The van der Waals surface area contributed by atoms with Gasteiger partial charge in [-0.3, -0.25) is 4.90 Å². The van der Waals surface area contributed by atoms with Crippen LogP contribution in [-0.4, -0.2) is 31.6 Å². The van der Waals surface area contributed by atoms with Crippen molar-refractivity contribution in [3.05, 3.63) is 35.4 Å². The summed E-state index contributed by atoms with van der Waals surface area (Å²) in [6.45, 7) is 8.33. The molecule has 1 aromatic rings. The fourth-order valence-electron chi connectivity index (χ4n) is 3.62. The summed E-state index contributed by atoms with van der Waals surface area (Å²) in [5.74, 6) is 0. The number of hydrogen-bond acceptors (Lipinski definition) is 3. The van der Waals surface area contributed by atoms with Crippen molar-refractivity contribution in [2.75, 3.05) is 26.7 Å². The predicted molar refractivity (Wildman–Crippen MR) is 88.2 cm³/mol. The van der Waals surface area contributed by atoms with Gasteiger partial charge >= 0.3 is 0 Å². The van der Waals surface area contributed by atoms with Crippen LogP contribution in [0.5, 0.6) is 0 Å². The Morgan fingerprint density at radius 3 is 2.67 bits per heavy atom. The Balaban J connectivity index is 2.15. The van der Waals surface area contributed by atoms with E-state index in [1.165, 1.54) is 36.9 Å². The van der Waals surface area contributed by atoms with Crippen LogP contribution in [0.25, 0.3) is 0 Å². The van der Waals surface area contributed by atoms with Gasteiger partial charge in [-0.05, 0) is 42.3 Å². The summed E-state index contributed by atoms with van der Waals surface area (Å²) >= 11 is 0. The van der Waals surface area contributed by atoms with Crippen LogP contribution in [0, 0.1) is 5.41 Å². The van der Waals surface area contributed by atoms with Crippen molar-refractivity contribution in [1.82, 2.24) is 4.90 Å². The van der Waals surface area contributed by atoms with Gasteiger partial charge in [0.25, 0.3) is 0 Å². The average molecular weight is 290 g/mol. The molecule has 3 heteroatoms. The Bertz CT molecular complexity index is 443. The fourth-order valence-corrected chi connectivity index (χ4v) is 3.62. The number of ether oxygens (including phenoxy) is 1. The molecule has 2 rings (SSSR count). The molecule has 0 aromatic heterocycles. The molecule has 0 bridgehead atoms. The molecule has 1 saturated heterocycles. The van der Waals surface area contributed by atoms with Crippen LogP contribution < -0.4 is 5.73 Å². The van der Waals surface area contributed by atoms with Gasteiger partial charge in [0.1, 0.15) is 0 Å². The van der Waals surface area contributed by atoms with Gasteiger partial charge in [0.05, 0.1) is 6.61 Å². The highest BCUT2D eigenvalue weighted by molar-refractivity contribution is 5.26. The number of nitrogens with zero attached hydrogens (tertiary/aromatic N) is 1. The highest BCUT2D eigenvalue weighted by Crippen LogP contribution is 2.40. The highest BCUT2D eigenvalue weighted by atomic mass is 16.5. The van der Waals surface area contributed by atoms with Gasteiger partial charge in [-0.15, -0.1) is 0 Å². The largest absolute Gasteiger partial charge is 0.380 e. The van der Waals surface area contributed by atoms with Crippen molar-refractivity contribution >= 4 is 0 Å². The molecule has 0 radical (unpaired) electrons. The number of likely N-dealkylation sites (tertiary alicyclic amines) is 1. The number of methoxy groups -OCH3 is 1. The zero-order valence-electron chi connectivity index (χ0n) is 13.8. The lowest BCUT2D eigenvalue weighted by atomic mass is 9.82. The molecule has 1 fully saturated rings. The van der Waals surface area contributed by atoms with Crippen molar-refractivity contribution in [1.29, 1.82) is 0 Å². The van der Waals surface area contributed by atoms with Crippen molar-refractivity contribution in [3.63, 3.8) is 0 Å². The second-order valence-electron chi connectivity index (χ2n) is 6.36. The topological polar surface area (TPSA) is 38.5 Å². The van der Waals surface area contributed by atoms with E-state index >= 15 is 0 Å². The predicted octanol–water partition coefficient (Wildman–Crippen LogP) is 3.34. The van der Waals surface area contributed by atoms with Gasteiger partial charge in [-0.1, -0.05) is 38.1 Å². The Kier molecular flexibility index (Phi) is 5.80. The van der Waals surface area contributed by atoms with Crippen molar-refractivity contribution < 1.29 is 4.74 Å². The third kappa shape index (κ3) is 3.65. The van der Waals surface area contributed by atoms with Crippen molar-refractivity contribution in [2.45, 2.75) is 45.8 Å². The van der Waals surface area contributed by atoms with Crippen molar-refractivity contribution in [3.8, 4) is 0 Å². The standard InChI is InChI=1S/C18H30N2O/c1-4-18(5-2)9-10-20(14-18)17(12-19)16-8-6-7-15(11-16)13-21-3/h6-8,11,17H,4-5,9-10,12-14,19H2,1-3H3. The van der Waals surface area contributed by atoms with Crippen LogP contribution in [-0.2, 0) is 11.3 Å². The first-order chi connectivity index (χ1) is 10.2. The summed E-state index contributed by atoms with van der Waals surface area (Å²) in [6.07, 6.45) is 3.83. The number of hydrogen-bond donors (Lipinski definition) is 1. The van der Waals surface area contributed by atoms with E-state index in [-0.39, 0.29) is 0 Å². The Labute approximate surface area is 129 Å². The lowest BCUT2D eigenvalue weighted by Crippen LogP contribution is -2.34. The third-order valence-electron chi connectivity index (χ3n) is 5.28. The van der Waals surface area contributed by atoms with Crippen LogP contribution in [0.3, 0.4) is 0 Å². The Morgan fingerprint density at radius 2 is 2.10 bits per heavy atom. The summed E-state index contributed by atoms with van der Waals surface area (Å²) < 4.78 is 5.24. The SMILES string of the molecule is CCC1(CC)CCN(C(CN)c2cccc(COC)c2)C1. The van der Waals surface area contributed by atoms with Crippen molar-refractivity contribution in [2.24, 2.45) is 11.1 Å². The molecule has 1 aromatic carbocycles. The first-order valence-corrected chi connectivity index (χ1v) is 8.20. The second-order valence-corrected chi connectivity index (χ2v) is 6.36. The quantitative estimate of drug-likeness (QED) is 0.837. The maximum Gasteiger partial charge on any atom is 0.0713 e.